The van der Waals surface area contributed by atoms with E-state index in [0.717, 1.165) is 50.8 Å². The SMILES string of the molecule is C#CC(=O)OC.C1CCOC1.CC(=O)/C=C/Oc1ccc(N(CCCl)CCCl)cc1.Oc1ccc(N(CCCl)CCCl)cc1. The number of benzene rings is 2. The van der Waals surface area contributed by atoms with Gasteiger partial charge in [-0.1, -0.05) is 0 Å². The number of carbonyl (C=O) groups is 2. The van der Waals surface area contributed by atoms with Crippen molar-refractivity contribution in [2.75, 3.05) is 79.8 Å². The van der Waals surface area contributed by atoms with Crippen LogP contribution in [0.25, 0.3) is 0 Å². The second-order valence-corrected chi connectivity index (χ2v) is 10.2. The fourth-order valence-corrected chi connectivity index (χ4v) is 4.14. The minimum atomic E-state index is -0.630. The third-order valence-corrected chi connectivity index (χ3v) is 6.15. The summed E-state index contributed by atoms with van der Waals surface area (Å²) < 4.78 is 14.3. The van der Waals surface area contributed by atoms with Gasteiger partial charge >= 0.3 is 5.97 Å². The molecular weight excluding hydrogens is 650 g/mol. The largest absolute Gasteiger partial charge is 0.508 e. The van der Waals surface area contributed by atoms with Crippen molar-refractivity contribution >= 4 is 69.5 Å². The zero-order valence-corrected chi connectivity index (χ0v) is 28.3. The van der Waals surface area contributed by atoms with Crippen molar-refractivity contribution in [3.8, 4) is 23.8 Å². The third kappa shape index (κ3) is 21.0. The van der Waals surface area contributed by atoms with Gasteiger partial charge in [0.25, 0.3) is 0 Å². The molecule has 0 bridgehead atoms. The first-order valence-electron chi connectivity index (χ1n) is 13.8. The molecule has 0 atom stereocenters. The number of halogens is 4. The van der Waals surface area contributed by atoms with E-state index < -0.39 is 5.97 Å². The number of anilines is 2. The highest BCUT2D eigenvalue weighted by atomic mass is 35.5. The lowest BCUT2D eigenvalue weighted by Crippen LogP contribution is -2.27. The molecule has 0 unspecified atom stereocenters. The van der Waals surface area contributed by atoms with Gasteiger partial charge in [-0.3, -0.25) is 4.79 Å². The van der Waals surface area contributed by atoms with Gasteiger partial charge in [-0.05, 0) is 68.3 Å². The van der Waals surface area contributed by atoms with Crippen molar-refractivity contribution in [3.05, 3.63) is 60.9 Å². The molecule has 2 aromatic carbocycles. The average Bonchev–Trinajstić information content (AvgIpc) is 3.62. The zero-order valence-electron chi connectivity index (χ0n) is 25.2. The Morgan fingerprint density at radius 2 is 1.30 bits per heavy atom. The van der Waals surface area contributed by atoms with E-state index >= 15 is 0 Å². The summed E-state index contributed by atoms with van der Waals surface area (Å²) in [5.41, 5.74) is 2.08. The summed E-state index contributed by atoms with van der Waals surface area (Å²) in [4.78, 5) is 24.6. The van der Waals surface area contributed by atoms with Gasteiger partial charge in [0.2, 0.25) is 0 Å². The molecule has 3 rings (SSSR count). The molecule has 0 spiro atoms. The van der Waals surface area contributed by atoms with E-state index in [2.05, 4.69) is 21.0 Å². The fourth-order valence-electron chi connectivity index (χ4n) is 3.32. The summed E-state index contributed by atoms with van der Waals surface area (Å²) in [6.45, 7) is 6.49. The van der Waals surface area contributed by atoms with Crippen LogP contribution in [0.3, 0.4) is 0 Å². The maximum atomic E-state index is 10.7. The fraction of sp³-hybridized carbons (Fsp3) is 0.438. The van der Waals surface area contributed by atoms with Crippen molar-refractivity contribution in [1.29, 1.82) is 0 Å². The lowest BCUT2D eigenvalue weighted by atomic mass is 10.2. The molecule has 0 aromatic heterocycles. The predicted octanol–water partition coefficient (Wildman–Crippen LogP) is 6.72. The molecule has 244 valence electrons. The van der Waals surface area contributed by atoms with Crippen LogP contribution in [0.2, 0.25) is 0 Å². The van der Waals surface area contributed by atoms with Crippen molar-refractivity contribution in [2.45, 2.75) is 19.8 Å². The van der Waals surface area contributed by atoms with Crippen LogP contribution < -0.4 is 14.5 Å². The number of rotatable bonds is 13. The molecular formula is C32H42Cl4N2O6. The van der Waals surface area contributed by atoms with Crippen LogP contribution in [0.1, 0.15) is 19.8 Å². The highest BCUT2D eigenvalue weighted by Gasteiger charge is 2.06. The number of nitrogens with zero attached hydrogens (tertiary/aromatic N) is 2. The normalized spacial score (nSPS) is 11.4. The number of methoxy groups -OCH3 is 1. The summed E-state index contributed by atoms with van der Waals surface area (Å²) >= 11 is 22.9. The number of phenols is 1. The summed E-state index contributed by atoms with van der Waals surface area (Å²) in [5, 5.41) is 9.13. The number of terminal acetylenes is 1. The summed E-state index contributed by atoms with van der Waals surface area (Å²) in [7, 11) is 1.24. The van der Waals surface area contributed by atoms with Gasteiger partial charge in [-0.2, -0.15) is 0 Å². The summed E-state index contributed by atoms with van der Waals surface area (Å²) in [6.07, 6.45) is 9.87. The van der Waals surface area contributed by atoms with Crippen LogP contribution in [0.15, 0.2) is 60.9 Å². The first kappa shape index (κ1) is 41.2. The molecule has 1 N–H and O–H groups in total. The first-order valence-corrected chi connectivity index (χ1v) is 16.0. The van der Waals surface area contributed by atoms with Gasteiger partial charge in [0, 0.05) is 86.3 Å². The van der Waals surface area contributed by atoms with Gasteiger partial charge in [0.1, 0.15) is 11.5 Å². The quantitative estimate of drug-likeness (QED) is 0.0619. The van der Waals surface area contributed by atoms with Crippen LogP contribution in [-0.2, 0) is 19.1 Å². The number of alkyl halides is 4. The molecule has 1 saturated heterocycles. The molecule has 1 aliphatic rings. The lowest BCUT2D eigenvalue weighted by molar-refractivity contribution is -0.133. The number of hydrogen-bond acceptors (Lipinski definition) is 8. The van der Waals surface area contributed by atoms with Crippen molar-refractivity contribution in [2.24, 2.45) is 0 Å². The number of esters is 1. The van der Waals surface area contributed by atoms with Gasteiger partial charge in [0.05, 0.1) is 13.4 Å². The van der Waals surface area contributed by atoms with Crippen LogP contribution in [-0.4, -0.2) is 86.9 Å². The topological polar surface area (TPSA) is 88.5 Å². The Labute approximate surface area is 281 Å². The van der Waals surface area contributed by atoms with Gasteiger partial charge in [-0.25, -0.2) is 4.79 Å². The average molecular weight is 693 g/mol. The molecule has 44 heavy (non-hydrogen) atoms. The van der Waals surface area contributed by atoms with Crippen molar-refractivity contribution in [3.63, 3.8) is 0 Å². The van der Waals surface area contributed by atoms with E-state index in [-0.39, 0.29) is 11.5 Å². The summed E-state index contributed by atoms with van der Waals surface area (Å²) in [5.74, 6) is 4.26. The van der Waals surface area contributed by atoms with E-state index in [1.165, 1.54) is 39.2 Å². The predicted molar refractivity (Wildman–Crippen MR) is 183 cm³/mol. The zero-order chi connectivity index (χ0) is 33.0. The Hall–Kier alpha value is -2.80. The Kier molecular flexibility index (Phi) is 26.0. The Balaban J connectivity index is 0.000000639. The minimum Gasteiger partial charge on any atom is -0.508 e. The first-order chi connectivity index (χ1) is 21.3. The van der Waals surface area contributed by atoms with E-state index in [9.17, 15) is 9.59 Å². The summed E-state index contributed by atoms with van der Waals surface area (Å²) in [6, 6.07) is 14.6. The smallest absolute Gasteiger partial charge is 0.383 e. The van der Waals surface area contributed by atoms with Gasteiger partial charge < -0.3 is 29.1 Å². The maximum absolute atomic E-state index is 10.7. The second kappa shape index (κ2) is 27.7. The number of ether oxygens (including phenoxy) is 3. The van der Waals surface area contributed by atoms with E-state index in [1.54, 1.807) is 18.1 Å². The molecule has 1 aliphatic heterocycles. The highest BCUT2D eigenvalue weighted by Crippen LogP contribution is 2.20. The van der Waals surface area contributed by atoms with Crippen LogP contribution >= 0.6 is 46.4 Å². The number of ketones is 1. The van der Waals surface area contributed by atoms with E-state index in [0.29, 0.717) is 29.3 Å². The van der Waals surface area contributed by atoms with Crippen molar-refractivity contribution < 1.29 is 28.9 Å². The molecule has 0 radical (unpaired) electrons. The van der Waals surface area contributed by atoms with Crippen molar-refractivity contribution in [1.82, 2.24) is 0 Å². The number of aromatic hydroxyl groups is 1. The minimum absolute atomic E-state index is 0.0491. The number of allylic oxidation sites excluding steroid dienone is 1. The van der Waals surface area contributed by atoms with Crippen LogP contribution in [0.4, 0.5) is 11.4 Å². The second-order valence-electron chi connectivity index (χ2n) is 8.73. The Morgan fingerprint density at radius 1 is 0.864 bits per heavy atom. The highest BCUT2D eigenvalue weighted by molar-refractivity contribution is 6.19. The molecule has 0 saturated carbocycles. The molecule has 12 heteroatoms. The Morgan fingerprint density at radius 3 is 1.59 bits per heavy atom. The molecule has 0 aliphatic carbocycles. The molecule has 8 nitrogen and oxygen atoms in total. The number of hydrogen-bond donors (Lipinski definition) is 1. The van der Waals surface area contributed by atoms with Crippen LogP contribution in [0, 0.1) is 12.3 Å². The standard InChI is InChI=1S/C14H17Cl2NO2.C10H13Cl2NO.C4H4O2.C4H8O/c1-12(18)6-11-19-14-4-2-13(3-5-14)17(9-7-15)10-8-16;11-5-7-13(8-6-12)9-1-3-10(14)4-2-9;1-3-4(5)6-2;1-2-4-5-3-1/h2-6,11H,7-10H2,1H3;1-4,14H,5-8H2;1H,2H3;1-4H2/b11-6+;;;. The van der Waals surface area contributed by atoms with Crippen LogP contribution in [0.5, 0.6) is 11.5 Å². The molecule has 1 heterocycles. The van der Waals surface area contributed by atoms with Gasteiger partial charge in [0.15, 0.2) is 5.78 Å². The monoisotopic (exact) mass is 690 g/mol. The van der Waals surface area contributed by atoms with E-state index in [4.69, 9.17) is 61.0 Å². The molecule has 2 aromatic rings. The molecule has 0 amide bonds. The molecule has 1 fully saturated rings. The maximum Gasteiger partial charge on any atom is 0.383 e. The number of phenolic OH excluding ortho intramolecular Hbond substituents is 1. The van der Waals surface area contributed by atoms with E-state index in [1.807, 2.05) is 36.4 Å². The number of carbonyl (C=O) groups excluding carboxylic acids is 2. The lowest BCUT2D eigenvalue weighted by Gasteiger charge is -2.22. The Bertz CT molecular complexity index is 1070. The van der Waals surface area contributed by atoms with Gasteiger partial charge in [-0.15, -0.1) is 52.8 Å². The third-order valence-electron chi connectivity index (χ3n) is 5.47.